The van der Waals surface area contributed by atoms with Crippen LogP contribution in [0.4, 0.5) is 0 Å². The van der Waals surface area contributed by atoms with Crippen LogP contribution in [-0.2, 0) is 0 Å². The summed E-state index contributed by atoms with van der Waals surface area (Å²) in [6.07, 6.45) is 1.26. The second-order valence-corrected chi connectivity index (χ2v) is 2.83. The summed E-state index contributed by atoms with van der Waals surface area (Å²) in [7, 11) is 0. The summed E-state index contributed by atoms with van der Waals surface area (Å²) in [4.78, 5) is 0. The molecule has 1 aliphatic rings. The Labute approximate surface area is 45.4 Å². The van der Waals surface area contributed by atoms with Crippen LogP contribution in [0.15, 0.2) is 12.2 Å². The van der Waals surface area contributed by atoms with E-state index in [-0.39, 0.29) is 0 Å². The molecule has 0 aromatic rings. The smallest absolute Gasteiger partial charge is 0.0354 e. The van der Waals surface area contributed by atoms with Gasteiger partial charge < -0.3 is 0 Å². The maximum absolute atomic E-state index is 3.74. The van der Waals surface area contributed by atoms with Crippen molar-refractivity contribution in [2.75, 3.05) is 0 Å². The zero-order chi connectivity index (χ0) is 3.86. The number of rotatable bonds is 0. The first-order valence-electron chi connectivity index (χ1n) is 1.62. The normalized spacial score (nSPS) is 34.6. The maximum Gasteiger partial charge on any atom is 0.0354 e. The number of allylic oxidation sites excluding steroid dienone is 1. The Kier molecular flexibility index (Phi) is 0.705. The van der Waals surface area contributed by atoms with Gasteiger partial charge in [-0.15, -0.1) is 0 Å². The van der Waals surface area contributed by atoms with Crippen molar-refractivity contribution >= 4 is 22.6 Å². The van der Waals surface area contributed by atoms with Crippen molar-refractivity contribution in [1.82, 2.24) is 0 Å². The second-order valence-electron chi connectivity index (χ2n) is 1.33. The van der Waals surface area contributed by atoms with Gasteiger partial charge >= 0.3 is 0 Å². The monoisotopic (exact) mass is 180 g/mol. The van der Waals surface area contributed by atoms with E-state index in [0.717, 1.165) is 3.92 Å². The molecule has 5 heavy (non-hydrogen) atoms. The molecule has 1 saturated carbocycles. The van der Waals surface area contributed by atoms with Crippen LogP contribution in [-0.4, -0.2) is 3.92 Å². The molecule has 0 N–H and O–H groups in total. The van der Waals surface area contributed by atoms with Crippen molar-refractivity contribution in [3.8, 4) is 0 Å². The molecule has 0 amide bonds. The Morgan fingerprint density at radius 1 is 2.00 bits per heavy atom. The van der Waals surface area contributed by atoms with Crippen molar-refractivity contribution in [3.05, 3.63) is 12.2 Å². The lowest BCUT2D eigenvalue weighted by atomic mass is 10.7. The van der Waals surface area contributed by atoms with E-state index in [1.165, 1.54) is 12.0 Å². The van der Waals surface area contributed by atoms with E-state index >= 15 is 0 Å². The van der Waals surface area contributed by atoms with E-state index in [2.05, 4.69) is 29.2 Å². The first-order valence-corrected chi connectivity index (χ1v) is 2.87. The molecule has 0 aromatic carbocycles. The summed E-state index contributed by atoms with van der Waals surface area (Å²) in [5.74, 6) is 0. The minimum absolute atomic E-state index is 0.826. The van der Waals surface area contributed by atoms with Gasteiger partial charge in [-0.3, -0.25) is 0 Å². The molecular weight excluding hydrogens is 175 g/mol. The third kappa shape index (κ3) is 0.651. The van der Waals surface area contributed by atoms with E-state index in [1.807, 2.05) is 0 Å². The quantitative estimate of drug-likeness (QED) is 0.302. The standard InChI is InChI=1S/C4H5I/c1-3-2-4(3)5/h4H,1-2H2. The summed E-state index contributed by atoms with van der Waals surface area (Å²) in [5, 5.41) is 0. The highest BCUT2D eigenvalue weighted by Gasteiger charge is 2.22. The molecule has 1 fully saturated rings. The van der Waals surface area contributed by atoms with Crippen LogP contribution in [0.1, 0.15) is 6.42 Å². The molecule has 1 aliphatic carbocycles. The fourth-order valence-corrected chi connectivity index (χ4v) is 0.737. The molecule has 28 valence electrons. The van der Waals surface area contributed by atoms with Gasteiger partial charge in [0.2, 0.25) is 0 Å². The minimum atomic E-state index is 0.826. The largest absolute Gasteiger partial charge is 0.0987 e. The fraction of sp³-hybridized carbons (Fsp3) is 0.500. The maximum atomic E-state index is 3.74. The van der Waals surface area contributed by atoms with Crippen LogP contribution < -0.4 is 0 Å². The Hall–Kier alpha value is 0.470. The third-order valence-electron chi connectivity index (χ3n) is 0.724. The van der Waals surface area contributed by atoms with Crippen LogP contribution >= 0.6 is 22.6 Å². The van der Waals surface area contributed by atoms with Crippen LogP contribution in [0.2, 0.25) is 0 Å². The summed E-state index contributed by atoms with van der Waals surface area (Å²) >= 11 is 2.38. The SMILES string of the molecule is C=C1CC1I. The number of hydrogen-bond donors (Lipinski definition) is 0. The minimum Gasteiger partial charge on any atom is -0.0987 e. The van der Waals surface area contributed by atoms with Gasteiger partial charge in [-0.2, -0.15) is 0 Å². The lowest BCUT2D eigenvalue weighted by molar-refractivity contribution is 1.57. The Morgan fingerprint density at radius 3 is 2.20 bits per heavy atom. The molecule has 1 unspecified atom stereocenters. The highest BCUT2D eigenvalue weighted by atomic mass is 127. The molecule has 0 radical (unpaired) electrons. The topological polar surface area (TPSA) is 0 Å². The number of alkyl halides is 1. The van der Waals surface area contributed by atoms with E-state index < -0.39 is 0 Å². The Bertz CT molecular complexity index is 66.0. The lowest BCUT2D eigenvalue weighted by Gasteiger charge is -1.55. The third-order valence-corrected chi connectivity index (χ3v) is 2.05. The molecule has 0 nitrogen and oxygen atoms in total. The van der Waals surface area contributed by atoms with Gasteiger partial charge in [-0.05, 0) is 6.42 Å². The van der Waals surface area contributed by atoms with Gasteiger partial charge in [0.05, 0.1) is 0 Å². The van der Waals surface area contributed by atoms with Crippen LogP contribution in [0.5, 0.6) is 0 Å². The van der Waals surface area contributed by atoms with Crippen molar-refractivity contribution in [1.29, 1.82) is 0 Å². The predicted molar refractivity (Wildman–Crippen MR) is 31.6 cm³/mol. The molecular formula is C4H5I. The van der Waals surface area contributed by atoms with Gasteiger partial charge in [-0.1, -0.05) is 34.7 Å². The second kappa shape index (κ2) is 0.965. The number of hydrogen-bond acceptors (Lipinski definition) is 0. The van der Waals surface area contributed by atoms with Crippen LogP contribution in [0, 0.1) is 0 Å². The molecule has 0 aliphatic heterocycles. The zero-order valence-corrected chi connectivity index (χ0v) is 5.03. The van der Waals surface area contributed by atoms with Crippen molar-refractivity contribution < 1.29 is 0 Å². The van der Waals surface area contributed by atoms with Gasteiger partial charge in [0.15, 0.2) is 0 Å². The zero-order valence-electron chi connectivity index (χ0n) is 2.87. The summed E-state index contributed by atoms with van der Waals surface area (Å²) in [5.41, 5.74) is 1.41. The molecule has 1 rings (SSSR count). The first kappa shape index (κ1) is 3.65. The number of halogens is 1. The summed E-state index contributed by atoms with van der Waals surface area (Å²) < 4.78 is 0.826. The van der Waals surface area contributed by atoms with Gasteiger partial charge in [-0.25, -0.2) is 0 Å². The van der Waals surface area contributed by atoms with Gasteiger partial charge in [0.25, 0.3) is 0 Å². The summed E-state index contributed by atoms with van der Waals surface area (Å²) in [6.45, 7) is 3.74. The van der Waals surface area contributed by atoms with E-state index in [0.29, 0.717) is 0 Å². The van der Waals surface area contributed by atoms with Gasteiger partial charge in [0, 0.05) is 3.92 Å². The molecule has 0 bridgehead atoms. The lowest BCUT2D eigenvalue weighted by Crippen LogP contribution is -1.46. The van der Waals surface area contributed by atoms with Crippen LogP contribution in [0.25, 0.3) is 0 Å². The molecule has 0 aromatic heterocycles. The summed E-state index contributed by atoms with van der Waals surface area (Å²) in [6, 6.07) is 0. The van der Waals surface area contributed by atoms with Crippen molar-refractivity contribution in [3.63, 3.8) is 0 Å². The molecule has 1 atom stereocenters. The molecule has 0 spiro atoms. The highest BCUT2D eigenvalue weighted by Crippen LogP contribution is 2.34. The van der Waals surface area contributed by atoms with Gasteiger partial charge in [0.1, 0.15) is 0 Å². The first-order chi connectivity index (χ1) is 2.30. The van der Waals surface area contributed by atoms with E-state index in [9.17, 15) is 0 Å². The van der Waals surface area contributed by atoms with E-state index in [1.54, 1.807) is 0 Å². The molecule has 1 heteroatoms. The Balaban J connectivity index is 2.47. The van der Waals surface area contributed by atoms with Crippen molar-refractivity contribution in [2.24, 2.45) is 0 Å². The van der Waals surface area contributed by atoms with Crippen LogP contribution in [0.3, 0.4) is 0 Å². The molecule has 0 heterocycles. The highest BCUT2D eigenvalue weighted by molar-refractivity contribution is 14.1. The Morgan fingerprint density at radius 2 is 2.20 bits per heavy atom. The average molecular weight is 180 g/mol. The average Bonchev–Trinajstić information content (AvgIpc) is 1.79. The predicted octanol–water partition coefficient (Wildman–Crippen LogP) is 1.75. The van der Waals surface area contributed by atoms with Crippen molar-refractivity contribution in [2.45, 2.75) is 10.3 Å². The van der Waals surface area contributed by atoms with E-state index in [4.69, 9.17) is 0 Å². The fourth-order valence-electron chi connectivity index (χ4n) is 0.171. The molecule has 0 saturated heterocycles.